The SMILES string of the molecule is CON=C(C)C(=NN(C)C)C(=O)N1CCN(C)CC1. The van der Waals surface area contributed by atoms with E-state index in [1.54, 1.807) is 30.9 Å². The second-order valence-electron chi connectivity index (χ2n) is 4.75. The molecular formula is C12H23N5O2. The molecule has 0 bridgehead atoms. The lowest BCUT2D eigenvalue weighted by Crippen LogP contribution is -2.50. The molecule has 1 aliphatic heterocycles. The molecule has 0 saturated carbocycles. The molecule has 0 atom stereocenters. The van der Waals surface area contributed by atoms with Crippen LogP contribution in [-0.2, 0) is 9.63 Å². The normalized spacial score (nSPS) is 18.5. The predicted octanol–water partition coefficient (Wildman–Crippen LogP) is -0.300. The zero-order valence-electron chi connectivity index (χ0n) is 12.4. The molecule has 1 aliphatic rings. The van der Waals surface area contributed by atoms with E-state index in [1.807, 2.05) is 7.05 Å². The smallest absolute Gasteiger partial charge is 0.276 e. The summed E-state index contributed by atoms with van der Waals surface area (Å²) in [5.41, 5.74) is 0.816. The maximum Gasteiger partial charge on any atom is 0.276 e. The van der Waals surface area contributed by atoms with E-state index < -0.39 is 0 Å². The first-order chi connectivity index (χ1) is 8.95. The molecule has 19 heavy (non-hydrogen) atoms. The highest BCUT2D eigenvalue weighted by Crippen LogP contribution is 2.03. The molecule has 0 aromatic heterocycles. The van der Waals surface area contributed by atoms with Crippen molar-refractivity contribution >= 4 is 17.3 Å². The van der Waals surface area contributed by atoms with E-state index in [0.717, 1.165) is 13.1 Å². The maximum absolute atomic E-state index is 12.5. The number of oxime groups is 1. The highest BCUT2D eigenvalue weighted by Gasteiger charge is 2.25. The third-order valence-electron chi connectivity index (χ3n) is 2.86. The molecule has 0 aromatic rings. The first kappa shape index (κ1) is 15.4. The van der Waals surface area contributed by atoms with Gasteiger partial charge in [-0.1, -0.05) is 5.16 Å². The van der Waals surface area contributed by atoms with Crippen molar-refractivity contribution in [3.8, 4) is 0 Å². The molecule has 1 fully saturated rings. The fourth-order valence-electron chi connectivity index (χ4n) is 1.81. The van der Waals surface area contributed by atoms with Crippen molar-refractivity contribution in [1.29, 1.82) is 0 Å². The molecule has 108 valence electrons. The molecule has 1 rings (SSSR count). The number of carbonyl (C=O) groups is 1. The average Bonchev–Trinajstić information content (AvgIpc) is 2.36. The van der Waals surface area contributed by atoms with Crippen LogP contribution in [0, 0.1) is 0 Å². The van der Waals surface area contributed by atoms with Gasteiger partial charge in [-0.05, 0) is 14.0 Å². The summed E-state index contributed by atoms with van der Waals surface area (Å²) in [7, 11) is 7.06. The summed E-state index contributed by atoms with van der Waals surface area (Å²) in [5, 5.41) is 9.63. The Morgan fingerprint density at radius 2 is 1.79 bits per heavy atom. The molecule has 0 aromatic carbocycles. The van der Waals surface area contributed by atoms with E-state index in [2.05, 4.69) is 15.2 Å². The second kappa shape index (κ2) is 7.08. The van der Waals surface area contributed by atoms with Crippen LogP contribution in [0.1, 0.15) is 6.92 Å². The second-order valence-corrected chi connectivity index (χ2v) is 4.75. The summed E-state index contributed by atoms with van der Waals surface area (Å²) >= 11 is 0. The van der Waals surface area contributed by atoms with Gasteiger partial charge in [-0.2, -0.15) is 5.10 Å². The van der Waals surface area contributed by atoms with Crippen LogP contribution in [0.25, 0.3) is 0 Å². The molecule has 1 heterocycles. The van der Waals surface area contributed by atoms with E-state index >= 15 is 0 Å². The lowest BCUT2D eigenvalue weighted by Gasteiger charge is -2.32. The number of carbonyl (C=O) groups excluding carboxylic acids is 1. The Balaban J connectivity index is 2.86. The minimum atomic E-state index is -0.0971. The molecule has 0 spiro atoms. The standard InChI is InChI=1S/C12H23N5O2/c1-10(14-19-5)11(13-15(2)3)12(18)17-8-6-16(4)7-9-17/h6-9H2,1-5H3. The van der Waals surface area contributed by atoms with Gasteiger partial charge in [-0.15, -0.1) is 0 Å². The van der Waals surface area contributed by atoms with Crippen molar-refractivity contribution in [2.24, 2.45) is 10.3 Å². The average molecular weight is 269 g/mol. The van der Waals surface area contributed by atoms with Gasteiger partial charge < -0.3 is 19.6 Å². The third-order valence-corrected chi connectivity index (χ3v) is 2.86. The Morgan fingerprint density at radius 3 is 2.26 bits per heavy atom. The van der Waals surface area contributed by atoms with E-state index in [4.69, 9.17) is 4.84 Å². The summed E-state index contributed by atoms with van der Waals surface area (Å²) in [6, 6.07) is 0. The van der Waals surface area contributed by atoms with Gasteiger partial charge in [0.25, 0.3) is 5.91 Å². The first-order valence-corrected chi connectivity index (χ1v) is 6.27. The number of hydrazone groups is 1. The summed E-state index contributed by atoms with van der Waals surface area (Å²) < 4.78 is 0. The van der Waals surface area contributed by atoms with Crippen LogP contribution in [0.4, 0.5) is 0 Å². The van der Waals surface area contributed by atoms with Gasteiger partial charge in [0.15, 0.2) is 5.71 Å². The number of nitrogens with zero attached hydrogens (tertiary/aromatic N) is 5. The van der Waals surface area contributed by atoms with E-state index in [1.165, 1.54) is 7.11 Å². The van der Waals surface area contributed by atoms with Crippen LogP contribution in [0.3, 0.4) is 0 Å². The number of piperazine rings is 1. The number of amides is 1. The van der Waals surface area contributed by atoms with Gasteiger partial charge in [0.2, 0.25) is 0 Å². The van der Waals surface area contributed by atoms with Crippen LogP contribution in [0.5, 0.6) is 0 Å². The Kier molecular flexibility index (Phi) is 5.75. The summed E-state index contributed by atoms with van der Waals surface area (Å²) in [5.74, 6) is -0.0971. The van der Waals surface area contributed by atoms with Crippen molar-refractivity contribution < 1.29 is 9.63 Å². The Bertz CT molecular complexity index is 370. The van der Waals surface area contributed by atoms with Crippen molar-refractivity contribution in [1.82, 2.24) is 14.8 Å². The zero-order chi connectivity index (χ0) is 14.4. The zero-order valence-corrected chi connectivity index (χ0v) is 12.4. The summed E-state index contributed by atoms with van der Waals surface area (Å²) in [4.78, 5) is 21.2. The maximum atomic E-state index is 12.5. The van der Waals surface area contributed by atoms with Crippen LogP contribution >= 0.6 is 0 Å². The number of hydrogen-bond donors (Lipinski definition) is 0. The fraction of sp³-hybridized carbons (Fsp3) is 0.750. The molecule has 1 saturated heterocycles. The minimum absolute atomic E-state index is 0.0971. The highest BCUT2D eigenvalue weighted by molar-refractivity contribution is 6.66. The summed E-state index contributed by atoms with van der Waals surface area (Å²) in [6.45, 7) is 4.90. The molecular weight excluding hydrogens is 246 g/mol. The van der Waals surface area contributed by atoms with E-state index in [-0.39, 0.29) is 5.91 Å². The number of rotatable bonds is 4. The third kappa shape index (κ3) is 4.51. The largest absolute Gasteiger partial charge is 0.399 e. The first-order valence-electron chi connectivity index (χ1n) is 6.27. The fourth-order valence-corrected chi connectivity index (χ4v) is 1.81. The quantitative estimate of drug-likeness (QED) is 0.519. The van der Waals surface area contributed by atoms with Crippen LogP contribution in [-0.4, -0.2) is 86.6 Å². The lowest BCUT2D eigenvalue weighted by molar-refractivity contribution is -0.125. The van der Waals surface area contributed by atoms with Crippen LogP contribution in [0.2, 0.25) is 0 Å². The van der Waals surface area contributed by atoms with Crippen LogP contribution < -0.4 is 0 Å². The minimum Gasteiger partial charge on any atom is -0.399 e. The Labute approximate surface area is 114 Å². The van der Waals surface area contributed by atoms with Crippen LogP contribution in [0.15, 0.2) is 10.3 Å². The Morgan fingerprint density at radius 1 is 1.21 bits per heavy atom. The van der Waals surface area contributed by atoms with Gasteiger partial charge in [0.1, 0.15) is 12.8 Å². The molecule has 7 nitrogen and oxygen atoms in total. The van der Waals surface area contributed by atoms with Gasteiger partial charge in [-0.25, -0.2) is 0 Å². The number of hydrogen-bond acceptors (Lipinski definition) is 6. The number of likely N-dealkylation sites (N-methyl/N-ethyl adjacent to an activating group) is 1. The van der Waals surface area contributed by atoms with Crippen molar-refractivity contribution in [3.05, 3.63) is 0 Å². The lowest BCUT2D eigenvalue weighted by atomic mass is 10.2. The monoisotopic (exact) mass is 269 g/mol. The molecule has 7 heteroatoms. The van der Waals surface area contributed by atoms with Crippen molar-refractivity contribution in [2.75, 3.05) is 54.4 Å². The molecule has 0 unspecified atom stereocenters. The van der Waals surface area contributed by atoms with Gasteiger partial charge in [0.05, 0.1) is 0 Å². The molecule has 0 N–H and O–H groups in total. The van der Waals surface area contributed by atoms with Gasteiger partial charge in [0, 0.05) is 40.3 Å². The van der Waals surface area contributed by atoms with Crippen molar-refractivity contribution in [3.63, 3.8) is 0 Å². The van der Waals surface area contributed by atoms with E-state index in [9.17, 15) is 4.79 Å². The predicted molar refractivity (Wildman–Crippen MR) is 75.3 cm³/mol. The van der Waals surface area contributed by atoms with E-state index in [0.29, 0.717) is 24.5 Å². The Hall–Kier alpha value is -1.63. The molecule has 0 radical (unpaired) electrons. The molecule has 1 amide bonds. The summed E-state index contributed by atoms with van der Waals surface area (Å²) in [6.07, 6.45) is 0. The molecule has 0 aliphatic carbocycles. The van der Waals surface area contributed by atoms with Gasteiger partial charge in [-0.3, -0.25) is 4.79 Å². The highest BCUT2D eigenvalue weighted by atomic mass is 16.6. The van der Waals surface area contributed by atoms with Crippen molar-refractivity contribution in [2.45, 2.75) is 6.92 Å². The van der Waals surface area contributed by atoms with Gasteiger partial charge >= 0.3 is 0 Å². The topological polar surface area (TPSA) is 60.7 Å².